The first kappa shape index (κ1) is 34.5. The van der Waals surface area contributed by atoms with Gasteiger partial charge in [0.15, 0.2) is 0 Å². The topological polar surface area (TPSA) is 26.2 Å². The lowest BCUT2D eigenvalue weighted by Crippen LogP contribution is -2.10. The molecule has 0 aliphatic carbocycles. The van der Waals surface area contributed by atoms with Crippen LogP contribution in [0.15, 0.2) is 229 Å². The Bertz CT molecular complexity index is 3850. The van der Waals surface area contributed by atoms with E-state index < -0.39 is 0 Å². The van der Waals surface area contributed by atoms with Crippen LogP contribution in [0.1, 0.15) is 0 Å². The third kappa shape index (κ3) is 5.20. The highest BCUT2D eigenvalue weighted by molar-refractivity contribution is 6.19. The summed E-state index contributed by atoms with van der Waals surface area (Å²) in [6, 6.07) is 80.9. The Morgan fingerprint density at radius 3 is 1.73 bits per heavy atom. The zero-order valence-corrected chi connectivity index (χ0v) is 33.6. The molecule has 0 fully saturated rings. The van der Waals surface area contributed by atoms with Gasteiger partial charge in [-0.3, -0.25) is 0 Å². The number of hydrogen-bond acceptors (Lipinski definition) is 2. The van der Waals surface area contributed by atoms with Gasteiger partial charge in [-0.1, -0.05) is 140 Å². The zero-order valence-electron chi connectivity index (χ0n) is 33.6. The third-order valence-corrected chi connectivity index (χ3v) is 12.7. The standard InChI is InChI=1S/C58H37N3O/c1-2-14-41(15-3-1)60-52-21-10-7-19-50(52)57-53(22-12-23-54(57)60)59(44-34-36-48-47-18-8-11-24-55(47)62-56(48)37-44)42-30-25-38(26-31-42)39-27-32-43(33-28-39)61-51-20-9-6-17-46(51)49-35-29-40-13-4-5-16-45(40)58(49)61/h1-37H. The molecule has 10 aromatic carbocycles. The van der Waals surface area contributed by atoms with Gasteiger partial charge in [-0.15, -0.1) is 0 Å². The summed E-state index contributed by atoms with van der Waals surface area (Å²) in [6.45, 7) is 0. The van der Waals surface area contributed by atoms with E-state index in [9.17, 15) is 0 Å². The molecule has 4 heteroatoms. The van der Waals surface area contributed by atoms with E-state index in [0.717, 1.165) is 67.0 Å². The number of anilines is 3. The van der Waals surface area contributed by atoms with Gasteiger partial charge in [-0.05, 0) is 95.4 Å². The van der Waals surface area contributed by atoms with Crippen molar-refractivity contribution in [2.45, 2.75) is 0 Å². The van der Waals surface area contributed by atoms with Crippen LogP contribution in [0.2, 0.25) is 0 Å². The van der Waals surface area contributed by atoms with Crippen LogP contribution in [0.3, 0.4) is 0 Å². The Kier molecular flexibility index (Phi) is 7.57. The van der Waals surface area contributed by atoms with E-state index in [1.54, 1.807) is 0 Å². The monoisotopic (exact) mass is 791 g/mol. The van der Waals surface area contributed by atoms with E-state index in [0.29, 0.717) is 0 Å². The molecule has 0 unspecified atom stereocenters. The SMILES string of the molecule is c1ccc(-n2c3ccccc3c3c(N(c4ccc(-c5ccc(-n6c7ccccc7c7ccc8ccccc8c76)cc5)cc4)c4ccc5c(c4)oc4ccccc45)cccc32)cc1. The van der Waals surface area contributed by atoms with Crippen LogP contribution < -0.4 is 4.90 Å². The molecule has 0 atom stereocenters. The molecule has 290 valence electrons. The average molecular weight is 792 g/mol. The highest BCUT2D eigenvalue weighted by Gasteiger charge is 2.22. The van der Waals surface area contributed by atoms with Crippen LogP contribution in [-0.4, -0.2) is 9.13 Å². The fraction of sp³-hybridized carbons (Fsp3) is 0. The summed E-state index contributed by atoms with van der Waals surface area (Å²) in [5, 5.41) is 9.64. The molecule has 0 spiro atoms. The Morgan fingerprint density at radius 1 is 0.339 bits per heavy atom. The lowest BCUT2D eigenvalue weighted by molar-refractivity contribution is 0.669. The van der Waals surface area contributed by atoms with Gasteiger partial charge in [0.05, 0.1) is 27.8 Å². The number of rotatable bonds is 6. The molecule has 0 aliphatic rings. The minimum Gasteiger partial charge on any atom is -0.456 e. The summed E-state index contributed by atoms with van der Waals surface area (Å²) < 4.78 is 11.3. The molecule has 13 rings (SSSR count). The second-order valence-corrected chi connectivity index (χ2v) is 16.1. The van der Waals surface area contributed by atoms with E-state index in [1.165, 1.54) is 48.9 Å². The van der Waals surface area contributed by atoms with Gasteiger partial charge in [0, 0.05) is 66.5 Å². The van der Waals surface area contributed by atoms with Crippen molar-refractivity contribution >= 4 is 93.4 Å². The van der Waals surface area contributed by atoms with Crippen LogP contribution in [-0.2, 0) is 0 Å². The van der Waals surface area contributed by atoms with Gasteiger partial charge in [-0.25, -0.2) is 0 Å². The van der Waals surface area contributed by atoms with Gasteiger partial charge in [0.1, 0.15) is 11.2 Å². The Balaban J connectivity index is 0.956. The predicted octanol–water partition coefficient (Wildman–Crippen LogP) is 16.1. The smallest absolute Gasteiger partial charge is 0.137 e. The fourth-order valence-electron chi connectivity index (χ4n) is 9.93. The zero-order chi connectivity index (χ0) is 40.7. The molecule has 0 saturated carbocycles. The van der Waals surface area contributed by atoms with Crippen molar-refractivity contribution in [2.24, 2.45) is 0 Å². The first-order chi connectivity index (χ1) is 30.8. The molecule has 0 radical (unpaired) electrons. The summed E-state index contributed by atoms with van der Waals surface area (Å²) in [7, 11) is 0. The second-order valence-electron chi connectivity index (χ2n) is 16.1. The Hall–Kier alpha value is -8.34. The first-order valence-electron chi connectivity index (χ1n) is 21.2. The number of fused-ring (bicyclic) bond motifs is 11. The highest BCUT2D eigenvalue weighted by Crippen LogP contribution is 2.45. The van der Waals surface area contributed by atoms with Crippen molar-refractivity contribution in [3.05, 3.63) is 224 Å². The van der Waals surface area contributed by atoms with E-state index in [2.05, 4.69) is 226 Å². The minimum atomic E-state index is 0.862. The summed E-state index contributed by atoms with van der Waals surface area (Å²) >= 11 is 0. The van der Waals surface area contributed by atoms with Gasteiger partial charge in [-0.2, -0.15) is 0 Å². The molecule has 0 amide bonds. The van der Waals surface area contributed by atoms with Crippen molar-refractivity contribution in [3.8, 4) is 22.5 Å². The number of hydrogen-bond donors (Lipinski definition) is 0. The van der Waals surface area contributed by atoms with Crippen molar-refractivity contribution in [1.82, 2.24) is 9.13 Å². The molecular formula is C58H37N3O. The highest BCUT2D eigenvalue weighted by atomic mass is 16.3. The van der Waals surface area contributed by atoms with E-state index in [1.807, 2.05) is 12.1 Å². The van der Waals surface area contributed by atoms with Gasteiger partial charge < -0.3 is 18.5 Å². The van der Waals surface area contributed by atoms with E-state index >= 15 is 0 Å². The maximum absolute atomic E-state index is 6.48. The molecule has 3 aromatic heterocycles. The quantitative estimate of drug-likeness (QED) is 0.168. The Labute approximate surface area is 357 Å². The summed E-state index contributed by atoms with van der Waals surface area (Å²) in [6.07, 6.45) is 0. The van der Waals surface area contributed by atoms with Crippen LogP contribution >= 0.6 is 0 Å². The molecule has 62 heavy (non-hydrogen) atoms. The summed E-state index contributed by atoms with van der Waals surface area (Å²) in [5.74, 6) is 0. The lowest BCUT2D eigenvalue weighted by Gasteiger charge is -2.27. The molecule has 0 saturated heterocycles. The second kappa shape index (κ2) is 13.6. The molecule has 0 bridgehead atoms. The van der Waals surface area contributed by atoms with Crippen molar-refractivity contribution < 1.29 is 4.42 Å². The molecule has 0 aliphatic heterocycles. The van der Waals surface area contributed by atoms with Crippen molar-refractivity contribution in [2.75, 3.05) is 4.90 Å². The fourth-order valence-corrected chi connectivity index (χ4v) is 9.93. The predicted molar refractivity (Wildman–Crippen MR) is 260 cm³/mol. The maximum atomic E-state index is 6.48. The largest absolute Gasteiger partial charge is 0.456 e. The van der Waals surface area contributed by atoms with E-state index in [4.69, 9.17) is 4.42 Å². The van der Waals surface area contributed by atoms with Gasteiger partial charge >= 0.3 is 0 Å². The number of benzene rings is 10. The summed E-state index contributed by atoms with van der Waals surface area (Å²) in [5.41, 5.74) is 14.3. The maximum Gasteiger partial charge on any atom is 0.137 e. The number of aromatic nitrogens is 2. The van der Waals surface area contributed by atoms with Gasteiger partial charge in [0.2, 0.25) is 0 Å². The minimum absolute atomic E-state index is 0.862. The van der Waals surface area contributed by atoms with Crippen LogP contribution in [0.25, 0.3) is 98.8 Å². The van der Waals surface area contributed by atoms with Crippen LogP contribution in [0.5, 0.6) is 0 Å². The first-order valence-corrected chi connectivity index (χ1v) is 21.2. The van der Waals surface area contributed by atoms with Crippen LogP contribution in [0.4, 0.5) is 17.1 Å². The third-order valence-electron chi connectivity index (χ3n) is 12.7. The van der Waals surface area contributed by atoms with Crippen LogP contribution in [0, 0.1) is 0 Å². The van der Waals surface area contributed by atoms with E-state index in [-0.39, 0.29) is 0 Å². The molecule has 0 N–H and O–H groups in total. The molecule has 13 aromatic rings. The number of nitrogens with zero attached hydrogens (tertiary/aromatic N) is 3. The number of furan rings is 1. The van der Waals surface area contributed by atoms with Crippen molar-refractivity contribution in [1.29, 1.82) is 0 Å². The van der Waals surface area contributed by atoms with Gasteiger partial charge in [0.25, 0.3) is 0 Å². The molecular weight excluding hydrogens is 755 g/mol. The lowest BCUT2D eigenvalue weighted by atomic mass is 10.0. The number of para-hydroxylation sites is 4. The summed E-state index contributed by atoms with van der Waals surface area (Å²) in [4.78, 5) is 2.39. The average Bonchev–Trinajstić information content (AvgIpc) is 4.00. The molecule has 4 nitrogen and oxygen atoms in total. The van der Waals surface area contributed by atoms with Crippen molar-refractivity contribution in [3.63, 3.8) is 0 Å². The normalized spacial score (nSPS) is 11.9. The molecule has 3 heterocycles. The Morgan fingerprint density at radius 2 is 0.919 bits per heavy atom.